The van der Waals surface area contributed by atoms with Crippen molar-refractivity contribution in [2.45, 2.75) is 19.3 Å². The molecule has 1 aromatic heterocycles. The van der Waals surface area contributed by atoms with Crippen LogP contribution in [-0.2, 0) is 6.42 Å². The van der Waals surface area contributed by atoms with E-state index in [4.69, 9.17) is 4.42 Å². The van der Waals surface area contributed by atoms with Crippen molar-refractivity contribution < 1.29 is 9.21 Å². The average Bonchev–Trinajstić information content (AvgIpc) is 2.68. The normalized spacial score (nSPS) is 15.2. The summed E-state index contributed by atoms with van der Waals surface area (Å²) in [5, 5.41) is 0.483. The highest BCUT2D eigenvalue weighted by Crippen LogP contribution is 2.24. The lowest BCUT2D eigenvalue weighted by Crippen LogP contribution is -2.39. The maximum Gasteiger partial charge on any atom is 0.289 e. The van der Waals surface area contributed by atoms with Gasteiger partial charge in [-0.1, -0.05) is 46.3 Å². The van der Waals surface area contributed by atoms with E-state index in [-0.39, 0.29) is 17.1 Å². The number of benzene rings is 2. The monoisotopic (exact) mass is 425 g/mol. The van der Waals surface area contributed by atoms with E-state index in [1.54, 1.807) is 23.1 Å². The van der Waals surface area contributed by atoms with Crippen LogP contribution in [0.5, 0.6) is 0 Å². The van der Waals surface area contributed by atoms with Gasteiger partial charge in [0.05, 0.1) is 5.39 Å². The Bertz CT molecular complexity index is 1020. The number of piperidine rings is 1. The number of carbonyl (C=O) groups is 1. The number of fused-ring (bicyclic) bond motifs is 1. The van der Waals surface area contributed by atoms with Crippen molar-refractivity contribution in [3.8, 4) is 0 Å². The van der Waals surface area contributed by atoms with Crippen LogP contribution in [0.3, 0.4) is 0 Å². The van der Waals surface area contributed by atoms with Crippen LogP contribution in [0.2, 0.25) is 0 Å². The number of rotatable bonds is 3. The van der Waals surface area contributed by atoms with Crippen LogP contribution >= 0.6 is 15.9 Å². The van der Waals surface area contributed by atoms with Crippen LogP contribution < -0.4 is 5.43 Å². The van der Waals surface area contributed by atoms with Gasteiger partial charge in [0.15, 0.2) is 11.2 Å². The Morgan fingerprint density at radius 1 is 1.07 bits per heavy atom. The third-order valence-corrected chi connectivity index (χ3v) is 5.66. The second-order valence-electron chi connectivity index (χ2n) is 7.04. The molecule has 0 bridgehead atoms. The first-order chi connectivity index (χ1) is 13.1. The van der Waals surface area contributed by atoms with Crippen molar-refractivity contribution in [1.82, 2.24) is 4.90 Å². The maximum atomic E-state index is 12.8. The Morgan fingerprint density at radius 2 is 1.81 bits per heavy atom. The smallest absolute Gasteiger partial charge is 0.289 e. The van der Waals surface area contributed by atoms with Gasteiger partial charge in [0.2, 0.25) is 0 Å². The van der Waals surface area contributed by atoms with Gasteiger partial charge >= 0.3 is 0 Å². The molecule has 0 spiro atoms. The molecule has 1 fully saturated rings. The van der Waals surface area contributed by atoms with E-state index in [2.05, 4.69) is 40.2 Å². The molecule has 0 aliphatic carbocycles. The van der Waals surface area contributed by atoms with Gasteiger partial charge in [-0.25, -0.2) is 0 Å². The Morgan fingerprint density at radius 3 is 2.56 bits per heavy atom. The molecule has 0 unspecified atom stereocenters. The number of likely N-dealkylation sites (tertiary alicyclic amines) is 1. The Balaban J connectivity index is 1.46. The Labute approximate surface area is 165 Å². The average molecular weight is 426 g/mol. The van der Waals surface area contributed by atoms with Gasteiger partial charge in [0.1, 0.15) is 5.58 Å². The molecular weight excluding hydrogens is 406 g/mol. The highest BCUT2D eigenvalue weighted by molar-refractivity contribution is 9.10. The largest absolute Gasteiger partial charge is 0.451 e. The summed E-state index contributed by atoms with van der Waals surface area (Å²) >= 11 is 3.37. The van der Waals surface area contributed by atoms with Crippen LogP contribution in [-0.4, -0.2) is 23.9 Å². The zero-order valence-electron chi connectivity index (χ0n) is 14.9. The second kappa shape index (κ2) is 7.69. The fourth-order valence-corrected chi connectivity index (χ4v) is 4.02. The summed E-state index contributed by atoms with van der Waals surface area (Å²) in [6.07, 6.45) is 2.97. The second-order valence-corrected chi connectivity index (χ2v) is 7.96. The number of hydrogen-bond acceptors (Lipinski definition) is 3. The molecule has 1 aliphatic heterocycles. The molecule has 2 heterocycles. The highest BCUT2D eigenvalue weighted by Gasteiger charge is 2.25. The topological polar surface area (TPSA) is 50.5 Å². The van der Waals surface area contributed by atoms with Gasteiger partial charge in [0.25, 0.3) is 5.91 Å². The van der Waals surface area contributed by atoms with Crippen molar-refractivity contribution in [1.29, 1.82) is 0 Å². The fourth-order valence-electron chi connectivity index (χ4n) is 3.68. The summed E-state index contributed by atoms with van der Waals surface area (Å²) in [6, 6.07) is 17.0. The minimum atomic E-state index is -0.202. The predicted octanol–water partition coefficient (Wildman–Crippen LogP) is 4.65. The molecule has 0 atom stereocenters. The predicted molar refractivity (Wildman–Crippen MR) is 109 cm³/mol. The lowest BCUT2D eigenvalue weighted by Gasteiger charge is -2.31. The molecule has 27 heavy (non-hydrogen) atoms. The third kappa shape index (κ3) is 3.98. The third-order valence-electron chi connectivity index (χ3n) is 5.17. The number of halogens is 1. The van der Waals surface area contributed by atoms with E-state index >= 15 is 0 Å². The van der Waals surface area contributed by atoms with Crippen molar-refractivity contribution in [3.63, 3.8) is 0 Å². The molecule has 5 heteroatoms. The van der Waals surface area contributed by atoms with Crippen molar-refractivity contribution in [2.75, 3.05) is 13.1 Å². The zero-order valence-corrected chi connectivity index (χ0v) is 16.4. The van der Waals surface area contributed by atoms with Crippen LogP contribution in [0.1, 0.15) is 29.0 Å². The summed E-state index contributed by atoms with van der Waals surface area (Å²) in [7, 11) is 0. The Hall–Kier alpha value is -2.40. The molecular formula is C22H20BrNO3. The molecule has 2 aromatic carbocycles. The summed E-state index contributed by atoms with van der Waals surface area (Å²) in [4.78, 5) is 26.9. The lowest BCUT2D eigenvalue weighted by atomic mass is 9.90. The van der Waals surface area contributed by atoms with Crippen LogP contribution in [0, 0.1) is 5.92 Å². The van der Waals surface area contributed by atoms with E-state index in [0.29, 0.717) is 30.0 Å². The zero-order chi connectivity index (χ0) is 18.8. The number of amides is 1. The number of hydrogen-bond donors (Lipinski definition) is 0. The minimum absolute atomic E-state index is 0.118. The minimum Gasteiger partial charge on any atom is -0.451 e. The molecule has 4 nitrogen and oxygen atoms in total. The lowest BCUT2D eigenvalue weighted by molar-refractivity contribution is 0.0659. The summed E-state index contributed by atoms with van der Waals surface area (Å²) < 4.78 is 6.55. The number of carbonyl (C=O) groups excluding carboxylic acids is 1. The first-order valence-corrected chi connectivity index (χ1v) is 9.96. The standard InChI is InChI=1S/C22H20BrNO3/c23-17-6-7-18-19(25)14-21(27-20(18)13-17)22(26)24-10-8-16(9-11-24)12-15-4-2-1-3-5-15/h1-7,13-14,16H,8-12H2. The summed E-state index contributed by atoms with van der Waals surface area (Å²) in [6.45, 7) is 1.38. The van der Waals surface area contributed by atoms with Gasteiger partial charge in [-0.3, -0.25) is 9.59 Å². The molecule has 138 valence electrons. The van der Waals surface area contributed by atoms with E-state index in [0.717, 1.165) is 23.7 Å². The molecule has 4 rings (SSSR count). The molecule has 0 radical (unpaired) electrons. The molecule has 1 aliphatic rings. The maximum absolute atomic E-state index is 12.8. The van der Waals surface area contributed by atoms with Crippen LogP contribution in [0.4, 0.5) is 0 Å². The van der Waals surface area contributed by atoms with Crippen molar-refractivity contribution >= 4 is 32.8 Å². The SMILES string of the molecule is O=C(c1cc(=O)c2ccc(Br)cc2o1)N1CCC(Cc2ccccc2)CC1. The van der Waals surface area contributed by atoms with Gasteiger partial charge in [-0.2, -0.15) is 0 Å². The van der Waals surface area contributed by atoms with E-state index < -0.39 is 0 Å². The van der Waals surface area contributed by atoms with E-state index in [9.17, 15) is 9.59 Å². The first kappa shape index (κ1) is 18.0. The van der Waals surface area contributed by atoms with E-state index in [1.807, 2.05) is 6.07 Å². The fraction of sp³-hybridized carbons (Fsp3) is 0.273. The molecule has 3 aromatic rings. The van der Waals surface area contributed by atoms with Crippen LogP contribution in [0.15, 0.2) is 68.3 Å². The van der Waals surface area contributed by atoms with Gasteiger partial charge < -0.3 is 9.32 Å². The highest BCUT2D eigenvalue weighted by atomic mass is 79.9. The van der Waals surface area contributed by atoms with Crippen molar-refractivity contribution in [2.24, 2.45) is 5.92 Å². The summed E-state index contributed by atoms with van der Waals surface area (Å²) in [5.41, 5.74) is 1.58. The molecule has 1 amide bonds. The van der Waals surface area contributed by atoms with Gasteiger partial charge in [-0.05, 0) is 48.9 Å². The van der Waals surface area contributed by atoms with Crippen molar-refractivity contribution in [3.05, 3.63) is 80.6 Å². The number of nitrogens with zero attached hydrogens (tertiary/aromatic N) is 1. The quantitative estimate of drug-likeness (QED) is 0.613. The molecule has 0 saturated carbocycles. The van der Waals surface area contributed by atoms with Crippen LogP contribution in [0.25, 0.3) is 11.0 Å². The van der Waals surface area contributed by atoms with E-state index in [1.165, 1.54) is 11.6 Å². The van der Waals surface area contributed by atoms with Gasteiger partial charge in [0, 0.05) is 23.6 Å². The Kier molecular flexibility index (Phi) is 5.12. The molecule has 0 N–H and O–H groups in total. The molecule has 1 saturated heterocycles. The summed E-state index contributed by atoms with van der Waals surface area (Å²) in [5.74, 6) is 0.496. The first-order valence-electron chi connectivity index (χ1n) is 9.17. The van der Waals surface area contributed by atoms with Gasteiger partial charge in [-0.15, -0.1) is 0 Å².